The van der Waals surface area contributed by atoms with Crippen molar-refractivity contribution in [2.75, 3.05) is 32.1 Å². The third-order valence-corrected chi connectivity index (χ3v) is 7.59. The average molecular weight is 529 g/mol. The summed E-state index contributed by atoms with van der Waals surface area (Å²) in [6.07, 6.45) is 3.51. The topological polar surface area (TPSA) is 110 Å². The monoisotopic (exact) mass is 528 g/mol. The molecular formula is C28H29FN8O2. The van der Waals surface area contributed by atoms with Crippen molar-refractivity contribution in [3.05, 3.63) is 63.7 Å². The highest BCUT2D eigenvalue weighted by Gasteiger charge is 2.35. The number of ether oxygens (including phenoxy) is 1. The summed E-state index contributed by atoms with van der Waals surface area (Å²) in [4.78, 5) is 20.2. The molecule has 1 aliphatic heterocycles. The van der Waals surface area contributed by atoms with Crippen molar-refractivity contribution >= 4 is 22.1 Å². The van der Waals surface area contributed by atoms with Gasteiger partial charge in [-0.15, -0.1) is 0 Å². The van der Waals surface area contributed by atoms with Crippen LogP contribution in [0.3, 0.4) is 0 Å². The van der Waals surface area contributed by atoms with Crippen LogP contribution in [0.2, 0.25) is 0 Å². The number of nitrogens with one attached hydrogen (secondary N) is 1. The number of H-pyrrole nitrogens is 1. The molecule has 2 fully saturated rings. The fraction of sp³-hybridized carbons (Fsp3) is 0.357. The molecule has 0 bridgehead atoms. The summed E-state index contributed by atoms with van der Waals surface area (Å²) in [5, 5.41) is 12.1. The number of anilines is 1. The molecule has 3 N–H and O–H groups in total. The number of benzene rings is 2. The largest absolute Gasteiger partial charge is 0.501 e. The van der Waals surface area contributed by atoms with Crippen molar-refractivity contribution in [2.45, 2.75) is 31.5 Å². The lowest BCUT2D eigenvalue weighted by Crippen LogP contribution is -2.57. The standard InChI is InChI=1S/C28H29FN8O2/c1-31-26-23(39-17-6-7-17)10-22(37-13-16(14-37)35(2)3)25(29)24(26)27-20(12-32-36(27)4)15-5-8-18-19(9-15)21(11-30)33-34-28(18)38/h5,8-10,12,16-17H,6-7,11,13-14,30H2,2-4H3,(H,34,38). The Bertz CT molecular complexity index is 1690. The Labute approximate surface area is 224 Å². The van der Waals surface area contributed by atoms with Crippen LogP contribution in [0.15, 0.2) is 35.3 Å². The van der Waals surface area contributed by atoms with E-state index in [4.69, 9.17) is 17.0 Å². The van der Waals surface area contributed by atoms with Crippen LogP contribution in [0, 0.1) is 12.4 Å². The van der Waals surface area contributed by atoms with Crippen molar-refractivity contribution in [3.8, 4) is 28.1 Å². The highest BCUT2D eigenvalue weighted by atomic mass is 19.1. The average Bonchev–Trinajstić information content (AvgIpc) is 3.63. The number of fused-ring (bicyclic) bond motifs is 1. The third-order valence-electron chi connectivity index (χ3n) is 7.59. The molecule has 4 aromatic rings. The Morgan fingerprint density at radius 1 is 1.26 bits per heavy atom. The molecule has 11 heteroatoms. The minimum Gasteiger partial charge on any atom is -0.501 e. The number of aromatic nitrogens is 4. The van der Waals surface area contributed by atoms with Gasteiger partial charge in [0.15, 0.2) is 0 Å². The van der Waals surface area contributed by atoms with Gasteiger partial charge in [0.1, 0.15) is 11.6 Å². The quantitative estimate of drug-likeness (QED) is 0.354. The van der Waals surface area contributed by atoms with Crippen molar-refractivity contribution in [2.24, 2.45) is 12.8 Å². The summed E-state index contributed by atoms with van der Waals surface area (Å²) in [6.45, 7) is 9.51. The summed E-state index contributed by atoms with van der Waals surface area (Å²) in [7, 11) is 5.75. The Morgan fingerprint density at radius 2 is 2.03 bits per heavy atom. The van der Waals surface area contributed by atoms with Gasteiger partial charge in [0.25, 0.3) is 5.56 Å². The minimum atomic E-state index is -0.479. The van der Waals surface area contributed by atoms with E-state index in [0.29, 0.717) is 63.9 Å². The molecule has 2 aromatic heterocycles. The zero-order valence-corrected chi connectivity index (χ0v) is 22.0. The number of aryl methyl sites for hydroxylation is 1. The van der Waals surface area contributed by atoms with E-state index in [1.54, 1.807) is 36.1 Å². The highest BCUT2D eigenvalue weighted by Crippen LogP contribution is 2.49. The van der Waals surface area contributed by atoms with Crippen molar-refractivity contribution < 1.29 is 9.13 Å². The van der Waals surface area contributed by atoms with Gasteiger partial charge in [0.05, 0.1) is 41.3 Å². The van der Waals surface area contributed by atoms with Crippen molar-refractivity contribution in [1.29, 1.82) is 0 Å². The van der Waals surface area contributed by atoms with Crippen LogP contribution >= 0.6 is 0 Å². The third kappa shape index (κ3) is 4.22. The SMILES string of the molecule is [C-]#[N+]c1c(OC2CC2)cc(N2CC(N(C)C)C2)c(F)c1-c1c(-c2ccc3c(=O)[nH]nc(CN)c3c2)cnn1C. The minimum absolute atomic E-state index is 0.0364. The van der Waals surface area contributed by atoms with Gasteiger partial charge in [-0.2, -0.15) is 10.2 Å². The first-order chi connectivity index (χ1) is 18.8. The number of aromatic amines is 1. The van der Waals surface area contributed by atoms with E-state index < -0.39 is 5.82 Å². The van der Waals surface area contributed by atoms with E-state index in [-0.39, 0.29) is 29.5 Å². The molecule has 200 valence electrons. The molecule has 1 saturated heterocycles. The molecule has 1 saturated carbocycles. The predicted octanol–water partition coefficient (Wildman–Crippen LogP) is 3.43. The summed E-state index contributed by atoms with van der Waals surface area (Å²) in [5.74, 6) is -0.0910. The van der Waals surface area contributed by atoms with Gasteiger partial charge in [0.2, 0.25) is 5.69 Å². The normalized spacial score (nSPS) is 15.6. The summed E-state index contributed by atoms with van der Waals surface area (Å²) >= 11 is 0. The number of halogens is 1. The van der Waals surface area contributed by atoms with Gasteiger partial charge in [-0.1, -0.05) is 6.07 Å². The van der Waals surface area contributed by atoms with Crippen LogP contribution in [-0.2, 0) is 13.6 Å². The second-order valence-electron chi connectivity index (χ2n) is 10.4. The lowest BCUT2D eigenvalue weighted by atomic mass is 9.96. The Morgan fingerprint density at radius 3 is 2.69 bits per heavy atom. The molecule has 0 amide bonds. The highest BCUT2D eigenvalue weighted by molar-refractivity contribution is 5.95. The van der Waals surface area contributed by atoms with Gasteiger partial charge in [-0.25, -0.2) is 14.3 Å². The Kier molecular flexibility index (Phi) is 6.09. The molecular weight excluding hydrogens is 499 g/mol. The van der Waals surface area contributed by atoms with Crippen LogP contribution in [0.5, 0.6) is 5.75 Å². The number of hydrogen-bond acceptors (Lipinski definition) is 7. The van der Waals surface area contributed by atoms with E-state index in [1.807, 2.05) is 25.1 Å². The lowest BCUT2D eigenvalue weighted by Gasteiger charge is -2.44. The smallest absolute Gasteiger partial charge is 0.272 e. The van der Waals surface area contributed by atoms with E-state index in [0.717, 1.165) is 12.8 Å². The van der Waals surface area contributed by atoms with Crippen LogP contribution in [0.4, 0.5) is 15.8 Å². The van der Waals surface area contributed by atoms with E-state index >= 15 is 4.39 Å². The number of hydrogen-bond donors (Lipinski definition) is 2. The molecule has 0 radical (unpaired) electrons. The molecule has 1 aliphatic carbocycles. The number of nitrogens with zero attached hydrogens (tertiary/aromatic N) is 6. The fourth-order valence-electron chi connectivity index (χ4n) is 5.09. The molecule has 0 spiro atoms. The molecule has 2 aromatic carbocycles. The molecule has 39 heavy (non-hydrogen) atoms. The maximum Gasteiger partial charge on any atom is 0.272 e. The van der Waals surface area contributed by atoms with Gasteiger partial charge in [-0.05, 0) is 50.7 Å². The van der Waals surface area contributed by atoms with E-state index in [2.05, 4.69) is 25.0 Å². The number of nitrogens with two attached hydrogens (primary N) is 1. The van der Waals surface area contributed by atoms with Crippen LogP contribution in [0.25, 0.3) is 38.0 Å². The maximum atomic E-state index is 16.5. The van der Waals surface area contributed by atoms with Crippen LogP contribution in [0.1, 0.15) is 18.5 Å². The van der Waals surface area contributed by atoms with Gasteiger partial charge in [-0.3, -0.25) is 9.48 Å². The molecule has 10 nitrogen and oxygen atoms in total. The molecule has 3 heterocycles. The van der Waals surface area contributed by atoms with E-state index in [1.165, 1.54) is 0 Å². The first-order valence-corrected chi connectivity index (χ1v) is 12.9. The summed E-state index contributed by atoms with van der Waals surface area (Å²) < 4.78 is 24.3. The molecule has 0 atom stereocenters. The van der Waals surface area contributed by atoms with Crippen LogP contribution in [-0.4, -0.2) is 64.2 Å². The zero-order chi connectivity index (χ0) is 27.4. The first kappa shape index (κ1) is 25.0. The fourth-order valence-corrected chi connectivity index (χ4v) is 5.09. The number of rotatable bonds is 7. The van der Waals surface area contributed by atoms with Crippen LogP contribution < -0.4 is 20.9 Å². The van der Waals surface area contributed by atoms with Gasteiger partial charge >= 0.3 is 0 Å². The molecule has 0 unspecified atom stereocenters. The van der Waals surface area contributed by atoms with Crippen molar-refractivity contribution in [1.82, 2.24) is 24.9 Å². The van der Waals surface area contributed by atoms with E-state index in [9.17, 15) is 4.79 Å². The lowest BCUT2D eigenvalue weighted by molar-refractivity contribution is 0.245. The van der Waals surface area contributed by atoms with Gasteiger partial charge < -0.3 is 20.3 Å². The second kappa shape index (κ2) is 9.48. The summed E-state index contributed by atoms with van der Waals surface area (Å²) in [6, 6.07) is 7.30. The molecule has 2 aliphatic rings. The van der Waals surface area contributed by atoms with Crippen molar-refractivity contribution in [3.63, 3.8) is 0 Å². The van der Waals surface area contributed by atoms with Gasteiger partial charge in [0, 0.05) is 49.2 Å². The molecule has 6 rings (SSSR count). The Balaban J connectivity index is 1.55. The predicted molar refractivity (Wildman–Crippen MR) is 147 cm³/mol. The maximum absolute atomic E-state index is 16.5. The Hall–Kier alpha value is -4.27. The first-order valence-electron chi connectivity index (χ1n) is 12.9. The number of likely N-dealkylation sites (N-methyl/N-ethyl adjacent to an activating group) is 1. The second-order valence-corrected chi connectivity index (χ2v) is 10.4. The summed E-state index contributed by atoms with van der Waals surface area (Å²) in [5.41, 5.74) is 8.59. The zero-order valence-electron chi connectivity index (χ0n) is 22.0.